The smallest absolute Gasteiger partial charge is 0.384 e. The van der Waals surface area contributed by atoms with E-state index < -0.39 is 47.8 Å². The summed E-state index contributed by atoms with van der Waals surface area (Å²) in [5.74, 6) is -0.116. The van der Waals surface area contributed by atoms with Crippen LogP contribution in [0.5, 0.6) is 0 Å². The van der Waals surface area contributed by atoms with Gasteiger partial charge in [-0.25, -0.2) is 0 Å². The van der Waals surface area contributed by atoms with Crippen molar-refractivity contribution < 1.29 is 39.5 Å². The maximum atomic E-state index is 13.8. The number of hydrogen-bond acceptors (Lipinski definition) is 5. The number of nitrogens with zero attached hydrogens (tertiary/aromatic N) is 5. The highest BCUT2D eigenvalue weighted by Gasteiger charge is 2.40. The Labute approximate surface area is 224 Å². The standard InChI is InChI=1S/C23H20BrF9N6/c1-11-6-15-16(4-3-5-34-19(15)18(24)17(11)23(31,32)33)39(20-35-37-38(2)36-20)10-12-7-13(21(25,26)27)9-14(8-12)22(28,29)30/h6-9,16,34H,3-5,10H2,1-2H3. The van der Waals surface area contributed by atoms with Crippen molar-refractivity contribution in [3.63, 3.8) is 0 Å². The van der Waals surface area contributed by atoms with Crippen molar-refractivity contribution in [1.82, 2.24) is 20.2 Å². The van der Waals surface area contributed by atoms with Gasteiger partial charge in [0.05, 0.1) is 39.9 Å². The Morgan fingerprint density at radius 3 is 2.10 bits per heavy atom. The number of alkyl halides is 9. The average Bonchev–Trinajstić information content (AvgIpc) is 3.11. The minimum atomic E-state index is -5.06. The Hall–Kier alpha value is -3.04. The first-order valence-electron chi connectivity index (χ1n) is 11.4. The van der Waals surface area contributed by atoms with Gasteiger partial charge in [0.1, 0.15) is 0 Å². The lowest BCUT2D eigenvalue weighted by Gasteiger charge is -2.32. The largest absolute Gasteiger partial charge is 0.417 e. The van der Waals surface area contributed by atoms with Crippen LogP contribution in [-0.4, -0.2) is 26.8 Å². The molecule has 39 heavy (non-hydrogen) atoms. The second-order valence-electron chi connectivity index (χ2n) is 9.05. The summed E-state index contributed by atoms with van der Waals surface area (Å²) in [6.45, 7) is 1.02. The van der Waals surface area contributed by atoms with E-state index in [-0.39, 0.29) is 46.3 Å². The van der Waals surface area contributed by atoms with Gasteiger partial charge in [-0.05, 0) is 75.8 Å². The number of benzene rings is 2. The van der Waals surface area contributed by atoms with Crippen LogP contribution in [0.25, 0.3) is 0 Å². The third-order valence-corrected chi connectivity index (χ3v) is 7.02. The minimum absolute atomic E-state index is 0.0262. The van der Waals surface area contributed by atoms with Crippen LogP contribution in [0.15, 0.2) is 28.7 Å². The fraction of sp³-hybridized carbons (Fsp3) is 0.435. The first-order valence-corrected chi connectivity index (χ1v) is 12.2. The van der Waals surface area contributed by atoms with E-state index in [1.807, 2.05) is 0 Å². The summed E-state index contributed by atoms with van der Waals surface area (Å²) >= 11 is 3.06. The zero-order chi connectivity index (χ0) is 28.9. The van der Waals surface area contributed by atoms with Gasteiger partial charge in [-0.1, -0.05) is 11.2 Å². The van der Waals surface area contributed by atoms with Gasteiger partial charge in [-0.15, -0.1) is 5.10 Å². The first-order chi connectivity index (χ1) is 18.0. The molecule has 212 valence electrons. The number of hydrogen-bond donors (Lipinski definition) is 1. The van der Waals surface area contributed by atoms with E-state index in [2.05, 4.69) is 36.7 Å². The van der Waals surface area contributed by atoms with Gasteiger partial charge < -0.3 is 10.2 Å². The Morgan fingerprint density at radius 2 is 1.59 bits per heavy atom. The zero-order valence-electron chi connectivity index (χ0n) is 20.2. The molecule has 4 rings (SSSR count). The number of tetrazole rings is 1. The summed E-state index contributed by atoms with van der Waals surface area (Å²) < 4.78 is 122. The third kappa shape index (κ3) is 6.09. The van der Waals surface area contributed by atoms with Crippen LogP contribution in [-0.2, 0) is 32.1 Å². The van der Waals surface area contributed by atoms with E-state index in [1.165, 1.54) is 24.9 Å². The molecule has 6 nitrogen and oxygen atoms in total. The second-order valence-corrected chi connectivity index (χ2v) is 9.84. The normalized spacial score (nSPS) is 16.5. The topological polar surface area (TPSA) is 58.9 Å². The van der Waals surface area contributed by atoms with Crippen LogP contribution in [0.4, 0.5) is 51.1 Å². The van der Waals surface area contributed by atoms with Crippen LogP contribution in [0, 0.1) is 6.92 Å². The van der Waals surface area contributed by atoms with Crippen LogP contribution >= 0.6 is 15.9 Å². The molecule has 0 saturated carbocycles. The quantitative estimate of drug-likeness (QED) is 0.307. The third-order valence-electron chi connectivity index (χ3n) is 6.22. The molecule has 1 aliphatic heterocycles. The molecule has 0 aliphatic carbocycles. The maximum Gasteiger partial charge on any atom is 0.417 e. The zero-order valence-corrected chi connectivity index (χ0v) is 21.8. The fourth-order valence-corrected chi connectivity index (χ4v) is 5.50. The van der Waals surface area contributed by atoms with Crippen LogP contribution in [0.2, 0.25) is 0 Å². The van der Waals surface area contributed by atoms with E-state index in [1.54, 1.807) is 0 Å². The number of fused-ring (bicyclic) bond motifs is 1. The van der Waals surface area contributed by atoms with Crippen molar-refractivity contribution in [1.29, 1.82) is 0 Å². The van der Waals surface area contributed by atoms with Crippen molar-refractivity contribution in [2.24, 2.45) is 7.05 Å². The summed E-state index contributed by atoms with van der Waals surface area (Å²) in [6, 6.07) is 1.71. The molecule has 2 aromatic carbocycles. The summed E-state index contributed by atoms with van der Waals surface area (Å²) in [6.07, 6.45) is -14.1. The number of nitrogens with one attached hydrogen (secondary N) is 1. The Bertz CT molecular complexity index is 1330. The number of rotatable bonds is 4. The van der Waals surface area contributed by atoms with E-state index >= 15 is 0 Å². The first kappa shape index (κ1) is 29.0. The van der Waals surface area contributed by atoms with Crippen molar-refractivity contribution in [3.05, 3.63) is 62.1 Å². The second kappa shape index (κ2) is 10.2. The summed E-state index contributed by atoms with van der Waals surface area (Å²) in [5, 5.41) is 14.7. The van der Waals surface area contributed by atoms with Crippen molar-refractivity contribution in [2.75, 3.05) is 16.8 Å². The monoisotopic (exact) mass is 630 g/mol. The molecule has 1 N–H and O–H groups in total. The summed E-state index contributed by atoms with van der Waals surface area (Å²) in [7, 11) is 1.42. The SMILES string of the molecule is Cc1cc2c(c(Br)c1C(F)(F)F)NCCCC2N(Cc1cc(C(F)(F)F)cc(C(F)(F)F)c1)c1nnn(C)n1. The summed E-state index contributed by atoms with van der Waals surface area (Å²) in [5.41, 5.74) is -3.87. The van der Waals surface area contributed by atoms with Crippen LogP contribution in [0.3, 0.4) is 0 Å². The highest BCUT2D eigenvalue weighted by molar-refractivity contribution is 9.10. The minimum Gasteiger partial charge on any atom is -0.384 e. The molecule has 16 heteroatoms. The van der Waals surface area contributed by atoms with Crippen LogP contribution in [0.1, 0.15) is 52.3 Å². The molecule has 0 radical (unpaired) electrons. The van der Waals surface area contributed by atoms with Crippen molar-refractivity contribution in [3.8, 4) is 0 Å². The molecule has 1 aromatic heterocycles. The highest BCUT2D eigenvalue weighted by atomic mass is 79.9. The van der Waals surface area contributed by atoms with Gasteiger partial charge in [0.2, 0.25) is 0 Å². The van der Waals surface area contributed by atoms with Crippen molar-refractivity contribution in [2.45, 2.75) is 50.9 Å². The highest BCUT2D eigenvalue weighted by Crippen LogP contribution is 2.47. The Morgan fingerprint density at radius 1 is 0.974 bits per heavy atom. The van der Waals surface area contributed by atoms with Gasteiger partial charge in [-0.3, -0.25) is 0 Å². The number of anilines is 2. The van der Waals surface area contributed by atoms with E-state index in [9.17, 15) is 39.5 Å². The molecule has 2 heterocycles. The van der Waals surface area contributed by atoms with E-state index in [0.29, 0.717) is 24.1 Å². The molecule has 0 spiro atoms. The van der Waals surface area contributed by atoms with Crippen molar-refractivity contribution >= 4 is 27.6 Å². The lowest BCUT2D eigenvalue weighted by Crippen LogP contribution is -2.30. The molecular formula is C23H20BrF9N6. The predicted molar refractivity (Wildman–Crippen MR) is 126 cm³/mol. The van der Waals surface area contributed by atoms with Gasteiger partial charge >= 0.3 is 18.5 Å². The molecule has 0 saturated heterocycles. The van der Waals surface area contributed by atoms with Gasteiger partial charge in [0.15, 0.2) is 0 Å². The molecule has 1 unspecified atom stereocenters. The van der Waals surface area contributed by atoms with Gasteiger partial charge in [0.25, 0.3) is 5.95 Å². The number of aromatic nitrogens is 4. The Kier molecular flexibility index (Phi) is 7.55. The molecule has 3 aromatic rings. The summed E-state index contributed by atoms with van der Waals surface area (Å²) in [4.78, 5) is 2.41. The fourth-order valence-electron chi connectivity index (χ4n) is 4.60. The van der Waals surface area contributed by atoms with E-state index in [4.69, 9.17) is 0 Å². The lowest BCUT2D eigenvalue weighted by atomic mass is 9.94. The van der Waals surface area contributed by atoms with E-state index in [0.717, 1.165) is 4.80 Å². The van der Waals surface area contributed by atoms with Crippen LogP contribution < -0.4 is 10.2 Å². The molecule has 1 aliphatic rings. The van der Waals surface area contributed by atoms with Gasteiger partial charge in [-0.2, -0.15) is 44.3 Å². The lowest BCUT2D eigenvalue weighted by molar-refractivity contribution is -0.143. The van der Waals surface area contributed by atoms with Gasteiger partial charge in [0, 0.05) is 13.1 Å². The maximum absolute atomic E-state index is 13.8. The predicted octanol–water partition coefficient (Wildman–Crippen LogP) is 7.29. The molecule has 0 amide bonds. The molecule has 0 fully saturated rings. The molecule has 1 atom stereocenters. The number of halogens is 10. The molecular weight excluding hydrogens is 611 g/mol. The Balaban J connectivity index is 1.89. The average molecular weight is 631 g/mol. The molecule has 0 bridgehead atoms. The number of aryl methyl sites for hydroxylation is 2.